The minimum atomic E-state index is 0.219. The number of thiophene rings is 1. The van der Waals surface area contributed by atoms with Gasteiger partial charge in [0.1, 0.15) is 0 Å². The van der Waals surface area contributed by atoms with Crippen LogP contribution in [-0.4, -0.2) is 13.1 Å². The van der Waals surface area contributed by atoms with Crippen LogP contribution in [0.5, 0.6) is 0 Å². The van der Waals surface area contributed by atoms with Gasteiger partial charge >= 0.3 is 0 Å². The molecular formula is C16H19ClN2S. The van der Waals surface area contributed by atoms with Crippen LogP contribution in [-0.2, 0) is 6.42 Å². The van der Waals surface area contributed by atoms with E-state index >= 15 is 0 Å². The van der Waals surface area contributed by atoms with Crippen molar-refractivity contribution in [1.29, 1.82) is 0 Å². The van der Waals surface area contributed by atoms with Crippen molar-refractivity contribution in [3.63, 3.8) is 0 Å². The summed E-state index contributed by atoms with van der Waals surface area (Å²) < 4.78 is 0.830. The minimum absolute atomic E-state index is 0.219. The number of nitrogens with two attached hydrogens (primary N) is 1. The van der Waals surface area contributed by atoms with E-state index in [1.807, 2.05) is 6.07 Å². The van der Waals surface area contributed by atoms with E-state index < -0.39 is 0 Å². The first-order valence-corrected chi connectivity index (χ1v) is 8.18. The predicted octanol–water partition coefficient (Wildman–Crippen LogP) is 4.10. The van der Waals surface area contributed by atoms with E-state index in [2.05, 4.69) is 42.2 Å². The van der Waals surface area contributed by atoms with E-state index in [4.69, 9.17) is 17.3 Å². The number of hydrogen-bond acceptors (Lipinski definition) is 3. The second-order valence-electron chi connectivity index (χ2n) is 5.48. The van der Waals surface area contributed by atoms with E-state index in [1.165, 1.54) is 16.1 Å². The fraction of sp³-hybridized carbons (Fsp3) is 0.375. The standard InChI is InChI=1S/C16H19ClN2S/c1-11-8-12-4-2-3-5-13(12)19(10-11)14(9-18)15-6-7-16(17)20-15/h2-7,11,14H,8-10,18H2,1H3. The maximum atomic E-state index is 6.09. The molecule has 0 spiro atoms. The van der Waals surface area contributed by atoms with Gasteiger partial charge in [0.05, 0.1) is 10.4 Å². The highest BCUT2D eigenvalue weighted by molar-refractivity contribution is 7.16. The van der Waals surface area contributed by atoms with E-state index in [0.29, 0.717) is 12.5 Å². The molecular weight excluding hydrogens is 288 g/mol. The lowest BCUT2D eigenvalue weighted by atomic mass is 9.92. The summed E-state index contributed by atoms with van der Waals surface area (Å²) in [5.74, 6) is 0.648. The largest absolute Gasteiger partial charge is 0.362 e. The van der Waals surface area contributed by atoms with Gasteiger partial charge in [-0.15, -0.1) is 11.3 Å². The molecule has 20 heavy (non-hydrogen) atoms. The molecule has 4 heteroatoms. The van der Waals surface area contributed by atoms with Crippen LogP contribution in [0.4, 0.5) is 5.69 Å². The number of para-hydroxylation sites is 1. The van der Waals surface area contributed by atoms with E-state index in [0.717, 1.165) is 17.3 Å². The fourth-order valence-corrected chi connectivity index (χ4v) is 4.22. The molecule has 0 amide bonds. The molecule has 2 nitrogen and oxygen atoms in total. The molecule has 106 valence electrons. The highest BCUT2D eigenvalue weighted by atomic mass is 35.5. The zero-order valence-electron chi connectivity index (χ0n) is 11.6. The lowest BCUT2D eigenvalue weighted by Gasteiger charge is -2.39. The highest BCUT2D eigenvalue weighted by Crippen LogP contribution is 2.38. The third-order valence-corrected chi connectivity index (χ3v) is 5.23. The maximum absolute atomic E-state index is 6.09. The van der Waals surface area contributed by atoms with Crippen molar-refractivity contribution < 1.29 is 0 Å². The van der Waals surface area contributed by atoms with E-state index in [1.54, 1.807) is 11.3 Å². The molecule has 0 bridgehead atoms. The normalized spacial score (nSPS) is 19.8. The van der Waals surface area contributed by atoms with Crippen molar-refractivity contribution in [2.24, 2.45) is 11.7 Å². The summed E-state index contributed by atoms with van der Waals surface area (Å²) in [7, 11) is 0. The first kappa shape index (κ1) is 13.9. The lowest BCUT2D eigenvalue weighted by molar-refractivity contribution is 0.493. The first-order chi connectivity index (χ1) is 9.69. The average molecular weight is 307 g/mol. The summed E-state index contributed by atoms with van der Waals surface area (Å²) in [5.41, 5.74) is 8.82. The van der Waals surface area contributed by atoms with Crippen LogP contribution in [0, 0.1) is 5.92 Å². The molecule has 0 saturated heterocycles. The number of halogens is 1. The Morgan fingerprint density at radius 1 is 1.35 bits per heavy atom. The summed E-state index contributed by atoms with van der Waals surface area (Å²) in [6.45, 7) is 3.96. The molecule has 0 radical (unpaired) electrons. The van der Waals surface area contributed by atoms with Gasteiger partial charge in [-0.25, -0.2) is 0 Å². The van der Waals surface area contributed by atoms with Crippen LogP contribution in [0.15, 0.2) is 36.4 Å². The van der Waals surface area contributed by atoms with Gasteiger partial charge in [-0.2, -0.15) is 0 Å². The molecule has 2 N–H and O–H groups in total. The van der Waals surface area contributed by atoms with Crippen LogP contribution < -0.4 is 10.6 Å². The second-order valence-corrected chi connectivity index (χ2v) is 7.23. The van der Waals surface area contributed by atoms with Gasteiger partial charge in [0, 0.05) is 23.7 Å². The van der Waals surface area contributed by atoms with Gasteiger partial charge < -0.3 is 10.6 Å². The highest BCUT2D eigenvalue weighted by Gasteiger charge is 2.28. The zero-order valence-corrected chi connectivity index (χ0v) is 13.1. The number of benzene rings is 1. The van der Waals surface area contributed by atoms with Crippen molar-refractivity contribution in [3.8, 4) is 0 Å². The minimum Gasteiger partial charge on any atom is -0.362 e. The molecule has 2 atom stereocenters. The summed E-state index contributed by atoms with van der Waals surface area (Å²) in [5, 5.41) is 0. The van der Waals surface area contributed by atoms with E-state index in [-0.39, 0.29) is 6.04 Å². The van der Waals surface area contributed by atoms with E-state index in [9.17, 15) is 0 Å². The summed E-state index contributed by atoms with van der Waals surface area (Å²) in [6.07, 6.45) is 1.15. The van der Waals surface area contributed by atoms with Crippen molar-refractivity contribution in [1.82, 2.24) is 0 Å². The topological polar surface area (TPSA) is 29.3 Å². The molecule has 2 aromatic rings. The number of fused-ring (bicyclic) bond motifs is 1. The molecule has 1 aliphatic heterocycles. The third kappa shape index (κ3) is 2.58. The average Bonchev–Trinajstić information content (AvgIpc) is 2.86. The zero-order chi connectivity index (χ0) is 14.1. The predicted molar refractivity (Wildman–Crippen MR) is 87.8 cm³/mol. The Morgan fingerprint density at radius 3 is 2.85 bits per heavy atom. The van der Waals surface area contributed by atoms with Crippen LogP contribution >= 0.6 is 22.9 Å². The molecule has 2 unspecified atom stereocenters. The van der Waals surface area contributed by atoms with Crippen molar-refractivity contribution >= 4 is 28.6 Å². The summed E-state index contributed by atoms with van der Waals surface area (Å²) >= 11 is 7.72. The Kier molecular flexibility index (Phi) is 4.01. The number of hydrogen-bond donors (Lipinski definition) is 1. The van der Waals surface area contributed by atoms with Crippen LogP contribution in [0.3, 0.4) is 0 Å². The Morgan fingerprint density at radius 2 is 2.15 bits per heavy atom. The van der Waals surface area contributed by atoms with Gasteiger partial charge in [-0.1, -0.05) is 36.7 Å². The molecule has 3 rings (SSSR count). The number of nitrogens with zero attached hydrogens (tertiary/aromatic N) is 1. The van der Waals surface area contributed by atoms with Crippen LogP contribution in [0.2, 0.25) is 4.34 Å². The monoisotopic (exact) mass is 306 g/mol. The molecule has 0 saturated carbocycles. The Hall–Kier alpha value is -1.03. The van der Waals surface area contributed by atoms with Gasteiger partial charge in [-0.3, -0.25) is 0 Å². The van der Waals surface area contributed by atoms with Crippen LogP contribution in [0.1, 0.15) is 23.4 Å². The van der Waals surface area contributed by atoms with Gasteiger partial charge in [0.25, 0.3) is 0 Å². The first-order valence-electron chi connectivity index (χ1n) is 6.99. The van der Waals surface area contributed by atoms with Crippen LogP contribution in [0.25, 0.3) is 0 Å². The lowest BCUT2D eigenvalue weighted by Crippen LogP contribution is -2.40. The molecule has 0 aliphatic carbocycles. The van der Waals surface area contributed by atoms with Crippen molar-refractivity contribution in [2.75, 3.05) is 18.0 Å². The number of anilines is 1. The molecule has 2 heterocycles. The van der Waals surface area contributed by atoms with Crippen molar-refractivity contribution in [3.05, 3.63) is 51.2 Å². The summed E-state index contributed by atoms with van der Waals surface area (Å²) in [4.78, 5) is 3.70. The van der Waals surface area contributed by atoms with Gasteiger partial charge in [0.15, 0.2) is 0 Å². The van der Waals surface area contributed by atoms with Gasteiger partial charge in [0.2, 0.25) is 0 Å². The van der Waals surface area contributed by atoms with Crippen molar-refractivity contribution in [2.45, 2.75) is 19.4 Å². The number of rotatable bonds is 3. The Labute approximate surface area is 129 Å². The molecule has 1 aromatic heterocycles. The smallest absolute Gasteiger partial charge is 0.0932 e. The third-order valence-electron chi connectivity index (χ3n) is 3.90. The van der Waals surface area contributed by atoms with Gasteiger partial charge in [-0.05, 0) is 36.1 Å². The SMILES string of the molecule is CC1Cc2ccccc2N(C(CN)c2ccc(Cl)s2)C1. The Balaban J connectivity index is 1.99. The molecule has 1 aliphatic rings. The molecule has 1 aromatic carbocycles. The quantitative estimate of drug-likeness (QED) is 0.925. The molecule has 0 fully saturated rings. The summed E-state index contributed by atoms with van der Waals surface area (Å²) in [6, 6.07) is 12.9. The Bertz CT molecular complexity index is 596. The maximum Gasteiger partial charge on any atom is 0.0932 e. The fourth-order valence-electron chi connectivity index (χ4n) is 3.04. The second kappa shape index (κ2) is 5.76.